The van der Waals surface area contributed by atoms with Crippen molar-refractivity contribution in [2.45, 2.75) is 0 Å². The molecule has 0 fully saturated rings. The molecule has 0 unspecified atom stereocenters. The van der Waals surface area contributed by atoms with E-state index in [0.29, 0.717) is 0 Å². The fourth-order valence-electron chi connectivity index (χ4n) is 0.580. The van der Waals surface area contributed by atoms with Crippen LogP contribution in [0.5, 0.6) is 0 Å². The van der Waals surface area contributed by atoms with Crippen molar-refractivity contribution < 1.29 is 4.79 Å². The summed E-state index contributed by atoms with van der Waals surface area (Å²) in [6.07, 6.45) is 0. The van der Waals surface area contributed by atoms with Crippen LogP contribution < -0.4 is 11.1 Å². The maximum Gasteiger partial charge on any atom is 0.236 e. The van der Waals surface area contributed by atoms with Crippen molar-refractivity contribution >= 4 is 38.2 Å². The summed E-state index contributed by atoms with van der Waals surface area (Å²) in [5, 5.41) is 5.75. The molecule has 1 aromatic heterocycles. The molecule has 60 valence electrons. The molecule has 0 aromatic carbocycles. The van der Waals surface area contributed by atoms with Gasteiger partial charge in [0.15, 0.2) is 0 Å². The first-order valence-electron chi connectivity index (χ1n) is 2.94. The first-order chi connectivity index (χ1) is 5.18. The van der Waals surface area contributed by atoms with Gasteiger partial charge in [-0.2, -0.15) is 0 Å². The number of carbonyl (C=O) groups excluding carboxylic acids is 1. The lowest BCUT2D eigenvalue weighted by atomic mass is 10.5. The molecule has 0 aliphatic rings. The van der Waals surface area contributed by atoms with Gasteiger partial charge >= 0.3 is 0 Å². The largest absolute Gasteiger partial charge is 0.368 e. The summed E-state index contributed by atoms with van der Waals surface area (Å²) in [6, 6.07) is 1.90. The molecule has 1 rings (SSSR count). The Morgan fingerprint density at radius 1 is 1.82 bits per heavy atom. The second-order valence-corrected chi connectivity index (χ2v) is 3.78. The number of nitrogens with two attached hydrogens (primary N) is 1. The van der Waals surface area contributed by atoms with E-state index in [9.17, 15) is 4.79 Å². The minimum Gasteiger partial charge on any atom is -0.368 e. The SMILES string of the molecule is NC(=O)CNc1cc(Br)cs1. The summed E-state index contributed by atoms with van der Waals surface area (Å²) in [4.78, 5) is 10.3. The number of hydrogen-bond donors (Lipinski definition) is 2. The Labute approximate surface area is 76.7 Å². The number of primary amides is 1. The molecule has 1 aromatic rings. The van der Waals surface area contributed by atoms with Crippen LogP contribution in [0.1, 0.15) is 0 Å². The van der Waals surface area contributed by atoms with Gasteiger partial charge in [-0.05, 0) is 22.0 Å². The fraction of sp³-hybridized carbons (Fsp3) is 0.167. The van der Waals surface area contributed by atoms with Gasteiger partial charge in [0.05, 0.1) is 11.5 Å². The number of rotatable bonds is 3. The summed E-state index contributed by atoms with van der Waals surface area (Å²) >= 11 is 4.82. The third kappa shape index (κ3) is 2.90. The van der Waals surface area contributed by atoms with E-state index in [0.717, 1.165) is 9.47 Å². The topological polar surface area (TPSA) is 55.1 Å². The van der Waals surface area contributed by atoms with E-state index >= 15 is 0 Å². The smallest absolute Gasteiger partial charge is 0.236 e. The lowest BCUT2D eigenvalue weighted by molar-refractivity contribution is -0.116. The summed E-state index contributed by atoms with van der Waals surface area (Å²) < 4.78 is 1.01. The van der Waals surface area contributed by atoms with Gasteiger partial charge in [0, 0.05) is 9.85 Å². The molecular weight excluding hydrogens is 228 g/mol. The number of halogens is 1. The van der Waals surface area contributed by atoms with Crippen molar-refractivity contribution in [2.24, 2.45) is 5.73 Å². The Kier molecular flexibility index (Phi) is 2.90. The molecule has 5 heteroatoms. The average Bonchev–Trinajstić information content (AvgIpc) is 2.31. The van der Waals surface area contributed by atoms with Crippen LogP contribution in [0, 0.1) is 0 Å². The first kappa shape index (κ1) is 8.55. The summed E-state index contributed by atoms with van der Waals surface area (Å²) in [7, 11) is 0. The molecule has 3 nitrogen and oxygen atoms in total. The van der Waals surface area contributed by atoms with Gasteiger partial charge in [-0.1, -0.05) is 0 Å². The average molecular weight is 235 g/mol. The van der Waals surface area contributed by atoms with E-state index < -0.39 is 0 Å². The third-order valence-corrected chi connectivity index (χ3v) is 2.65. The van der Waals surface area contributed by atoms with E-state index in [4.69, 9.17) is 5.73 Å². The Morgan fingerprint density at radius 2 is 2.55 bits per heavy atom. The van der Waals surface area contributed by atoms with Crippen molar-refractivity contribution in [1.29, 1.82) is 0 Å². The maximum atomic E-state index is 10.3. The van der Waals surface area contributed by atoms with Crippen LogP contribution in [-0.2, 0) is 4.79 Å². The number of nitrogens with one attached hydrogen (secondary N) is 1. The number of anilines is 1. The van der Waals surface area contributed by atoms with Crippen LogP contribution in [0.4, 0.5) is 5.00 Å². The van der Waals surface area contributed by atoms with Gasteiger partial charge in [-0.3, -0.25) is 4.79 Å². The summed E-state index contributed by atoms with van der Waals surface area (Å²) in [6.45, 7) is 0.187. The second kappa shape index (κ2) is 3.73. The highest BCUT2D eigenvalue weighted by molar-refractivity contribution is 9.10. The Hall–Kier alpha value is -0.550. The van der Waals surface area contributed by atoms with Crippen LogP contribution in [0.15, 0.2) is 15.9 Å². The van der Waals surface area contributed by atoms with Crippen molar-refractivity contribution in [2.75, 3.05) is 11.9 Å². The molecule has 0 saturated carbocycles. The van der Waals surface area contributed by atoms with E-state index in [1.807, 2.05) is 11.4 Å². The molecule has 0 bridgehead atoms. The molecule has 0 saturated heterocycles. The van der Waals surface area contributed by atoms with Crippen LogP contribution in [0.2, 0.25) is 0 Å². The second-order valence-electron chi connectivity index (χ2n) is 1.95. The lowest BCUT2D eigenvalue weighted by Crippen LogP contribution is -2.21. The Morgan fingerprint density at radius 3 is 3.00 bits per heavy atom. The predicted octanol–water partition coefficient (Wildman–Crippen LogP) is 1.41. The molecular formula is C6H7BrN2OS. The number of carbonyl (C=O) groups is 1. The monoisotopic (exact) mass is 234 g/mol. The standard InChI is InChI=1S/C6H7BrN2OS/c7-4-1-6(11-3-4)9-2-5(8)10/h1,3,9H,2H2,(H2,8,10). The zero-order valence-corrected chi connectivity index (χ0v) is 8.04. The van der Waals surface area contributed by atoms with Crippen LogP contribution in [0.3, 0.4) is 0 Å². The number of amides is 1. The van der Waals surface area contributed by atoms with E-state index in [-0.39, 0.29) is 12.5 Å². The van der Waals surface area contributed by atoms with Gasteiger partial charge in [0.1, 0.15) is 0 Å². The summed E-state index contributed by atoms with van der Waals surface area (Å²) in [5.74, 6) is -0.352. The van der Waals surface area contributed by atoms with E-state index in [1.165, 1.54) is 11.3 Å². The zero-order chi connectivity index (χ0) is 8.27. The predicted molar refractivity (Wildman–Crippen MR) is 49.7 cm³/mol. The fourth-order valence-corrected chi connectivity index (χ4v) is 1.90. The quantitative estimate of drug-likeness (QED) is 0.832. The van der Waals surface area contributed by atoms with Crippen LogP contribution in [-0.4, -0.2) is 12.5 Å². The van der Waals surface area contributed by atoms with Crippen LogP contribution >= 0.6 is 27.3 Å². The van der Waals surface area contributed by atoms with Gasteiger partial charge in [-0.15, -0.1) is 11.3 Å². The lowest BCUT2D eigenvalue weighted by Gasteiger charge is -1.96. The Bertz CT molecular complexity index is 261. The maximum absolute atomic E-state index is 10.3. The van der Waals surface area contributed by atoms with Crippen molar-refractivity contribution in [3.05, 3.63) is 15.9 Å². The first-order valence-corrected chi connectivity index (χ1v) is 4.62. The van der Waals surface area contributed by atoms with Crippen LogP contribution in [0.25, 0.3) is 0 Å². The molecule has 0 aliphatic heterocycles. The minimum absolute atomic E-state index is 0.187. The summed E-state index contributed by atoms with van der Waals surface area (Å²) in [5.41, 5.74) is 4.94. The molecule has 11 heavy (non-hydrogen) atoms. The highest BCUT2D eigenvalue weighted by Gasteiger charge is 1.97. The van der Waals surface area contributed by atoms with Gasteiger partial charge < -0.3 is 11.1 Å². The van der Waals surface area contributed by atoms with Gasteiger partial charge in [0.2, 0.25) is 5.91 Å². The number of hydrogen-bond acceptors (Lipinski definition) is 3. The highest BCUT2D eigenvalue weighted by Crippen LogP contribution is 2.23. The van der Waals surface area contributed by atoms with Crippen molar-refractivity contribution in [3.8, 4) is 0 Å². The van der Waals surface area contributed by atoms with E-state index in [2.05, 4.69) is 21.2 Å². The molecule has 3 N–H and O–H groups in total. The van der Waals surface area contributed by atoms with Crippen molar-refractivity contribution in [1.82, 2.24) is 0 Å². The highest BCUT2D eigenvalue weighted by atomic mass is 79.9. The van der Waals surface area contributed by atoms with Crippen molar-refractivity contribution in [3.63, 3.8) is 0 Å². The van der Waals surface area contributed by atoms with E-state index in [1.54, 1.807) is 0 Å². The number of thiophene rings is 1. The molecule has 1 heterocycles. The van der Waals surface area contributed by atoms with Gasteiger partial charge in [-0.25, -0.2) is 0 Å². The molecule has 1 amide bonds. The zero-order valence-electron chi connectivity index (χ0n) is 5.63. The molecule has 0 aliphatic carbocycles. The third-order valence-electron chi connectivity index (χ3n) is 1.00. The van der Waals surface area contributed by atoms with Gasteiger partial charge in [0.25, 0.3) is 0 Å². The molecule has 0 atom stereocenters. The Balaban J connectivity index is 2.45. The molecule has 0 spiro atoms. The molecule has 0 radical (unpaired) electrons. The normalized spacial score (nSPS) is 9.55. The minimum atomic E-state index is -0.352.